The summed E-state index contributed by atoms with van der Waals surface area (Å²) in [4.78, 5) is 0. The summed E-state index contributed by atoms with van der Waals surface area (Å²) in [6, 6.07) is 5.48. The molecule has 0 atom stereocenters. The van der Waals surface area contributed by atoms with Crippen LogP contribution in [0.15, 0.2) is 18.2 Å². The fourth-order valence-electron chi connectivity index (χ4n) is 2.01. The maximum atomic E-state index is 10.4. The number of ether oxygens (including phenoxy) is 1. The molecule has 0 spiro atoms. The molecule has 0 amide bonds. The molecule has 0 aromatic heterocycles. The molecule has 2 rings (SSSR count). The molecule has 1 heterocycles. The van der Waals surface area contributed by atoms with Crippen LogP contribution >= 0.6 is 0 Å². The quantitative estimate of drug-likeness (QED) is 0.738. The predicted molar refractivity (Wildman–Crippen MR) is 56.8 cm³/mol. The normalized spacial score (nSPS) is 20.1. The Morgan fingerprint density at radius 1 is 1.27 bits per heavy atom. The van der Waals surface area contributed by atoms with Crippen LogP contribution in [0.1, 0.15) is 24.0 Å². The minimum absolute atomic E-state index is 0.210. The Kier molecular flexibility index (Phi) is 2.67. The van der Waals surface area contributed by atoms with Crippen molar-refractivity contribution >= 4 is 0 Å². The molecule has 2 N–H and O–H groups in total. The number of benzene rings is 1. The number of phenolic OH excluding ortho intramolecular Hbond substituents is 1. The van der Waals surface area contributed by atoms with E-state index in [1.807, 2.05) is 19.1 Å². The van der Waals surface area contributed by atoms with Gasteiger partial charge in [0.15, 0.2) is 0 Å². The molecule has 15 heavy (non-hydrogen) atoms. The molecule has 0 saturated carbocycles. The van der Waals surface area contributed by atoms with Crippen LogP contribution in [0.5, 0.6) is 5.75 Å². The third-order valence-corrected chi connectivity index (χ3v) is 3.06. The molecule has 0 unspecified atom stereocenters. The molecule has 1 aliphatic heterocycles. The molecule has 1 aliphatic rings. The molecule has 82 valence electrons. The van der Waals surface area contributed by atoms with Gasteiger partial charge in [0, 0.05) is 31.6 Å². The van der Waals surface area contributed by atoms with Gasteiger partial charge in [-0.3, -0.25) is 0 Å². The lowest BCUT2D eigenvalue weighted by Crippen LogP contribution is -2.33. The molecule has 3 heteroatoms. The second-order valence-electron chi connectivity index (χ2n) is 4.12. The summed E-state index contributed by atoms with van der Waals surface area (Å²) in [5.41, 5.74) is 0.507. The lowest BCUT2D eigenvalue weighted by molar-refractivity contribution is -0.0689. The van der Waals surface area contributed by atoms with Crippen LogP contribution in [0, 0.1) is 6.92 Å². The Morgan fingerprint density at radius 2 is 1.93 bits per heavy atom. The van der Waals surface area contributed by atoms with Crippen molar-refractivity contribution in [2.24, 2.45) is 0 Å². The Labute approximate surface area is 89.3 Å². The first-order valence-electron chi connectivity index (χ1n) is 5.23. The van der Waals surface area contributed by atoms with Gasteiger partial charge in [-0.15, -0.1) is 0 Å². The molecule has 1 aromatic rings. The van der Waals surface area contributed by atoms with Crippen LogP contribution in [-0.2, 0) is 10.3 Å². The Hall–Kier alpha value is -1.06. The minimum atomic E-state index is -0.922. The van der Waals surface area contributed by atoms with E-state index in [-0.39, 0.29) is 5.75 Å². The van der Waals surface area contributed by atoms with E-state index in [2.05, 4.69) is 0 Å². The van der Waals surface area contributed by atoms with E-state index in [9.17, 15) is 10.2 Å². The average Bonchev–Trinajstić information content (AvgIpc) is 2.23. The molecular weight excluding hydrogens is 192 g/mol. The summed E-state index contributed by atoms with van der Waals surface area (Å²) in [6.45, 7) is 2.93. The van der Waals surface area contributed by atoms with Crippen LogP contribution in [0.3, 0.4) is 0 Å². The monoisotopic (exact) mass is 208 g/mol. The van der Waals surface area contributed by atoms with Crippen molar-refractivity contribution in [1.82, 2.24) is 0 Å². The largest absolute Gasteiger partial charge is 0.507 e. The molecule has 3 nitrogen and oxygen atoms in total. The third kappa shape index (κ3) is 1.85. The van der Waals surface area contributed by atoms with Crippen molar-refractivity contribution in [3.8, 4) is 5.75 Å². The number of para-hydroxylation sites is 1. The van der Waals surface area contributed by atoms with E-state index >= 15 is 0 Å². The first kappa shape index (κ1) is 10.5. The van der Waals surface area contributed by atoms with Gasteiger partial charge in [0.05, 0.1) is 5.60 Å². The zero-order valence-electron chi connectivity index (χ0n) is 8.86. The van der Waals surface area contributed by atoms with Crippen molar-refractivity contribution in [2.45, 2.75) is 25.4 Å². The summed E-state index contributed by atoms with van der Waals surface area (Å²) >= 11 is 0. The first-order valence-corrected chi connectivity index (χ1v) is 5.23. The van der Waals surface area contributed by atoms with Gasteiger partial charge in [-0.05, 0) is 12.5 Å². The number of aryl methyl sites for hydroxylation is 1. The molecule has 0 radical (unpaired) electrons. The van der Waals surface area contributed by atoms with Crippen LogP contribution < -0.4 is 0 Å². The number of rotatable bonds is 1. The SMILES string of the molecule is Cc1cccc(C2(O)CCOCC2)c1O. The Morgan fingerprint density at radius 3 is 2.60 bits per heavy atom. The fourth-order valence-corrected chi connectivity index (χ4v) is 2.01. The molecule has 1 fully saturated rings. The van der Waals surface area contributed by atoms with Crippen LogP contribution in [0.4, 0.5) is 0 Å². The van der Waals surface area contributed by atoms with Crippen molar-refractivity contribution in [1.29, 1.82) is 0 Å². The molecule has 0 bridgehead atoms. The zero-order chi connectivity index (χ0) is 10.9. The molecule has 1 aromatic carbocycles. The number of hydrogen-bond donors (Lipinski definition) is 2. The standard InChI is InChI=1S/C12H16O3/c1-9-3-2-4-10(11(9)13)12(14)5-7-15-8-6-12/h2-4,13-14H,5-8H2,1H3. The van der Waals surface area contributed by atoms with Crippen molar-refractivity contribution < 1.29 is 14.9 Å². The van der Waals surface area contributed by atoms with Crippen LogP contribution in [-0.4, -0.2) is 23.4 Å². The van der Waals surface area contributed by atoms with E-state index in [1.165, 1.54) is 0 Å². The lowest BCUT2D eigenvalue weighted by Gasteiger charge is -2.33. The van der Waals surface area contributed by atoms with Gasteiger partial charge in [0.25, 0.3) is 0 Å². The lowest BCUT2D eigenvalue weighted by atomic mass is 9.85. The van der Waals surface area contributed by atoms with E-state index in [1.54, 1.807) is 6.07 Å². The summed E-state index contributed by atoms with van der Waals surface area (Å²) < 4.78 is 5.21. The fraction of sp³-hybridized carbons (Fsp3) is 0.500. The number of aliphatic hydroxyl groups is 1. The summed E-state index contributed by atoms with van der Waals surface area (Å²) in [7, 11) is 0. The van der Waals surface area contributed by atoms with Gasteiger partial charge in [0.1, 0.15) is 5.75 Å². The third-order valence-electron chi connectivity index (χ3n) is 3.06. The van der Waals surface area contributed by atoms with Crippen molar-refractivity contribution in [2.75, 3.05) is 13.2 Å². The highest BCUT2D eigenvalue weighted by Crippen LogP contribution is 2.38. The summed E-state index contributed by atoms with van der Waals surface area (Å²) in [6.07, 6.45) is 1.09. The van der Waals surface area contributed by atoms with Gasteiger partial charge >= 0.3 is 0 Å². The molecule has 1 saturated heterocycles. The minimum Gasteiger partial charge on any atom is -0.507 e. The Bertz CT molecular complexity index is 354. The maximum Gasteiger partial charge on any atom is 0.124 e. The van der Waals surface area contributed by atoms with Gasteiger partial charge in [0.2, 0.25) is 0 Å². The van der Waals surface area contributed by atoms with Crippen molar-refractivity contribution in [3.63, 3.8) is 0 Å². The van der Waals surface area contributed by atoms with E-state index in [0.29, 0.717) is 31.6 Å². The molecular formula is C12H16O3. The van der Waals surface area contributed by atoms with Crippen LogP contribution in [0.2, 0.25) is 0 Å². The highest BCUT2D eigenvalue weighted by atomic mass is 16.5. The topological polar surface area (TPSA) is 49.7 Å². The molecule has 0 aliphatic carbocycles. The van der Waals surface area contributed by atoms with Crippen LogP contribution in [0.25, 0.3) is 0 Å². The number of hydrogen-bond acceptors (Lipinski definition) is 3. The Balaban J connectivity index is 2.39. The zero-order valence-corrected chi connectivity index (χ0v) is 8.86. The van der Waals surface area contributed by atoms with E-state index in [4.69, 9.17) is 4.74 Å². The van der Waals surface area contributed by atoms with Gasteiger partial charge < -0.3 is 14.9 Å². The second kappa shape index (κ2) is 3.83. The van der Waals surface area contributed by atoms with E-state index in [0.717, 1.165) is 5.56 Å². The highest BCUT2D eigenvalue weighted by Gasteiger charge is 2.34. The summed E-state index contributed by atoms with van der Waals surface area (Å²) in [5.74, 6) is 0.210. The number of aromatic hydroxyl groups is 1. The van der Waals surface area contributed by atoms with E-state index < -0.39 is 5.60 Å². The predicted octanol–water partition coefficient (Wildman–Crippen LogP) is 1.70. The van der Waals surface area contributed by atoms with Gasteiger partial charge in [-0.2, -0.15) is 0 Å². The van der Waals surface area contributed by atoms with Gasteiger partial charge in [-0.1, -0.05) is 18.2 Å². The number of phenols is 1. The average molecular weight is 208 g/mol. The summed E-state index contributed by atoms with van der Waals surface area (Å²) in [5, 5.41) is 20.3. The van der Waals surface area contributed by atoms with Crippen molar-refractivity contribution in [3.05, 3.63) is 29.3 Å². The maximum absolute atomic E-state index is 10.4. The smallest absolute Gasteiger partial charge is 0.124 e. The highest BCUT2D eigenvalue weighted by molar-refractivity contribution is 5.43. The second-order valence-corrected chi connectivity index (χ2v) is 4.12. The first-order chi connectivity index (χ1) is 7.13. The van der Waals surface area contributed by atoms with Gasteiger partial charge in [-0.25, -0.2) is 0 Å².